The Labute approximate surface area is 315 Å². The van der Waals surface area contributed by atoms with Gasteiger partial charge in [-0.2, -0.15) is 5.10 Å². The molecule has 0 saturated heterocycles. The smallest absolute Gasteiger partial charge is 0.338 e. The summed E-state index contributed by atoms with van der Waals surface area (Å²) in [5.74, 6) is -0.300. The number of carbonyl (C=O) groups is 2. The Balaban J connectivity index is 1.36. The van der Waals surface area contributed by atoms with Crippen molar-refractivity contribution in [2.75, 3.05) is 7.11 Å². The number of hydrogen-bond donors (Lipinski definition) is 0. The largest absolute Gasteiger partial charge is 0.491 e. The van der Waals surface area contributed by atoms with Crippen LogP contribution >= 0.6 is 11.3 Å². The van der Waals surface area contributed by atoms with Crippen molar-refractivity contribution in [2.45, 2.75) is 46.4 Å². The molecule has 3 heterocycles. The fraction of sp³-hybridized carbons (Fsp3) is 0.186. The van der Waals surface area contributed by atoms with Gasteiger partial charge in [0.1, 0.15) is 18.1 Å². The van der Waals surface area contributed by atoms with E-state index >= 15 is 0 Å². The molecule has 0 bridgehead atoms. The van der Waals surface area contributed by atoms with E-state index < -0.39 is 18.0 Å². The van der Waals surface area contributed by atoms with Gasteiger partial charge in [0.05, 0.1) is 46.3 Å². The molecule has 0 saturated carbocycles. The highest BCUT2D eigenvalue weighted by molar-refractivity contribution is 7.07. The summed E-state index contributed by atoms with van der Waals surface area (Å²) in [6.07, 6.45) is 3.75. The highest BCUT2D eigenvalue weighted by atomic mass is 32.1. The lowest BCUT2D eigenvalue weighted by molar-refractivity contribution is -0.140. The second-order valence-corrected chi connectivity index (χ2v) is 14.1. The van der Waals surface area contributed by atoms with E-state index in [4.69, 9.17) is 24.3 Å². The van der Waals surface area contributed by atoms with Gasteiger partial charge < -0.3 is 14.2 Å². The second-order valence-electron chi connectivity index (χ2n) is 13.1. The van der Waals surface area contributed by atoms with Gasteiger partial charge in [-0.25, -0.2) is 19.3 Å². The highest BCUT2D eigenvalue weighted by Gasteiger charge is 2.34. The van der Waals surface area contributed by atoms with E-state index in [1.807, 2.05) is 112 Å². The maximum absolute atomic E-state index is 14.6. The quantitative estimate of drug-likeness (QED) is 0.144. The van der Waals surface area contributed by atoms with Crippen molar-refractivity contribution >= 4 is 29.4 Å². The molecule has 0 radical (unpaired) electrons. The highest BCUT2D eigenvalue weighted by Crippen LogP contribution is 2.32. The fourth-order valence-electron chi connectivity index (χ4n) is 6.37. The van der Waals surface area contributed by atoms with E-state index in [2.05, 4.69) is 0 Å². The van der Waals surface area contributed by atoms with Gasteiger partial charge in [0.25, 0.3) is 5.56 Å². The number of aromatic nitrogens is 3. The molecule has 0 spiro atoms. The summed E-state index contributed by atoms with van der Waals surface area (Å²) in [6, 6.07) is 30.9. The standard InChI is InChI=1S/C43H38N4O6S/c1-26(2)53-35-21-20-32(22-27(35)3)38-33(24-46(45-38)34-14-10-7-11-15-34)23-36-40(48)47-39(30-16-18-31(19-17-30)41(49)51-5)37(28(4)44-43(47)54-36)42(50)52-25-29-12-8-6-9-13-29/h6-24,26,39H,25H2,1-5H3. The summed E-state index contributed by atoms with van der Waals surface area (Å²) >= 11 is 1.23. The normalized spacial score (nSPS) is 14.1. The Kier molecular flexibility index (Phi) is 10.2. The van der Waals surface area contributed by atoms with Crippen LogP contribution in [0, 0.1) is 6.92 Å². The van der Waals surface area contributed by atoms with Gasteiger partial charge in [-0.15, -0.1) is 0 Å². The minimum atomic E-state index is -0.874. The topological polar surface area (TPSA) is 114 Å². The van der Waals surface area contributed by atoms with Gasteiger partial charge in [0.15, 0.2) is 4.80 Å². The summed E-state index contributed by atoms with van der Waals surface area (Å²) < 4.78 is 20.4. The Hall–Kier alpha value is -6.33. The SMILES string of the molecule is COC(=O)c1ccc(C2C(C(=O)OCc3ccccc3)=C(C)N=c3sc(=Cc4cn(-c5ccccc5)nc4-c4ccc(OC(C)C)c(C)c4)c(=O)n32)cc1. The van der Waals surface area contributed by atoms with Gasteiger partial charge in [-0.3, -0.25) is 9.36 Å². The van der Waals surface area contributed by atoms with Gasteiger partial charge in [0.2, 0.25) is 0 Å². The molecule has 0 aliphatic carbocycles. The van der Waals surface area contributed by atoms with Crippen LogP contribution < -0.4 is 19.6 Å². The molecule has 1 atom stereocenters. The molecule has 4 aromatic carbocycles. The van der Waals surface area contributed by atoms with Crippen molar-refractivity contribution in [1.29, 1.82) is 0 Å². The molecule has 54 heavy (non-hydrogen) atoms. The van der Waals surface area contributed by atoms with Crippen molar-refractivity contribution in [3.63, 3.8) is 0 Å². The molecule has 0 N–H and O–H groups in total. The summed E-state index contributed by atoms with van der Waals surface area (Å²) in [6.45, 7) is 7.76. The molecule has 1 aliphatic rings. The Morgan fingerprint density at radius 1 is 0.907 bits per heavy atom. The third-order valence-corrected chi connectivity index (χ3v) is 9.95. The molecule has 1 aliphatic heterocycles. The van der Waals surface area contributed by atoms with Crippen LogP contribution in [0.5, 0.6) is 5.75 Å². The molecular formula is C43H38N4O6S. The number of rotatable bonds is 10. The average Bonchev–Trinajstić information content (AvgIpc) is 3.74. The average molecular weight is 739 g/mol. The monoisotopic (exact) mass is 738 g/mol. The number of thiazole rings is 1. The number of aryl methyl sites for hydroxylation is 1. The van der Waals surface area contributed by atoms with Crippen molar-refractivity contribution in [3.8, 4) is 22.7 Å². The predicted octanol–water partition coefficient (Wildman–Crippen LogP) is 6.71. The third kappa shape index (κ3) is 7.31. The first-order chi connectivity index (χ1) is 26.1. The van der Waals surface area contributed by atoms with Crippen molar-refractivity contribution in [1.82, 2.24) is 14.3 Å². The van der Waals surface area contributed by atoms with Gasteiger partial charge in [-0.05, 0) is 92.9 Å². The predicted molar refractivity (Wildman–Crippen MR) is 207 cm³/mol. The first-order valence-corrected chi connectivity index (χ1v) is 18.3. The fourth-order valence-corrected chi connectivity index (χ4v) is 7.41. The van der Waals surface area contributed by atoms with E-state index in [9.17, 15) is 14.4 Å². The number of carbonyl (C=O) groups excluding carboxylic acids is 2. The number of allylic oxidation sites excluding steroid dienone is 1. The van der Waals surface area contributed by atoms with Crippen LogP contribution in [0.15, 0.2) is 130 Å². The molecular weight excluding hydrogens is 701 g/mol. The van der Waals surface area contributed by atoms with Crippen LogP contribution in [0.25, 0.3) is 23.0 Å². The molecule has 272 valence electrons. The maximum atomic E-state index is 14.6. The number of nitrogens with zero attached hydrogens (tertiary/aromatic N) is 4. The van der Waals surface area contributed by atoms with E-state index in [0.29, 0.717) is 31.9 Å². The molecule has 1 unspecified atom stereocenters. The van der Waals surface area contributed by atoms with Crippen LogP contribution in [-0.2, 0) is 20.9 Å². The lowest BCUT2D eigenvalue weighted by atomic mass is 9.95. The van der Waals surface area contributed by atoms with E-state index in [1.54, 1.807) is 35.9 Å². The van der Waals surface area contributed by atoms with Crippen molar-refractivity contribution < 1.29 is 23.8 Å². The molecule has 10 nitrogen and oxygen atoms in total. The Bertz CT molecular complexity index is 2570. The van der Waals surface area contributed by atoms with E-state index in [0.717, 1.165) is 33.7 Å². The Morgan fingerprint density at radius 3 is 2.28 bits per heavy atom. The van der Waals surface area contributed by atoms with Gasteiger partial charge >= 0.3 is 11.9 Å². The van der Waals surface area contributed by atoms with Crippen LogP contribution in [0.4, 0.5) is 0 Å². The lowest BCUT2D eigenvalue weighted by Crippen LogP contribution is -2.39. The van der Waals surface area contributed by atoms with Crippen LogP contribution in [-0.4, -0.2) is 39.5 Å². The third-order valence-electron chi connectivity index (χ3n) is 8.96. The number of ether oxygens (including phenoxy) is 3. The maximum Gasteiger partial charge on any atom is 0.338 e. The number of para-hydroxylation sites is 1. The van der Waals surface area contributed by atoms with Crippen LogP contribution in [0.2, 0.25) is 0 Å². The van der Waals surface area contributed by atoms with Gasteiger partial charge in [-0.1, -0.05) is 72.0 Å². The zero-order valence-corrected chi connectivity index (χ0v) is 31.3. The minimum absolute atomic E-state index is 0.0259. The molecule has 6 aromatic rings. The Morgan fingerprint density at radius 2 is 1.61 bits per heavy atom. The molecule has 7 rings (SSSR count). The zero-order valence-electron chi connectivity index (χ0n) is 30.5. The van der Waals surface area contributed by atoms with Gasteiger partial charge in [0, 0.05) is 17.3 Å². The first kappa shape index (κ1) is 36.0. The van der Waals surface area contributed by atoms with Crippen LogP contribution in [0.3, 0.4) is 0 Å². The first-order valence-electron chi connectivity index (χ1n) is 17.5. The lowest BCUT2D eigenvalue weighted by Gasteiger charge is -2.25. The number of fused-ring (bicyclic) bond motifs is 1. The van der Waals surface area contributed by atoms with E-state index in [-0.39, 0.29) is 23.8 Å². The van der Waals surface area contributed by atoms with Crippen molar-refractivity contribution in [2.24, 2.45) is 4.99 Å². The van der Waals surface area contributed by atoms with Crippen LogP contribution in [0.1, 0.15) is 59.4 Å². The van der Waals surface area contributed by atoms with Crippen molar-refractivity contribution in [3.05, 3.63) is 168 Å². The summed E-state index contributed by atoms with van der Waals surface area (Å²) in [4.78, 5) is 46.0. The number of methoxy groups -OCH3 is 1. The summed E-state index contributed by atoms with van der Waals surface area (Å²) in [7, 11) is 1.31. The summed E-state index contributed by atoms with van der Waals surface area (Å²) in [5, 5.41) is 4.98. The minimum Gasteiger partial charge on any atom is -0.491 e. The molecule has 11 heteroatoms. The molecule has 0 fully saturated rings. The number of benzene rings is 4. The second kappa shape index (κ2) is 15.3. The summed E-state index contributed by atoms with van der Waals surface area (Å²) in [5.41, 5.74) is 6.17. The molecule has 2 aromatic heterocycles. The number of esters is 2. The zero-order chi connectivity index (χ0) is 37.9. The van der Waals surface area contributed by atoms with E-state index in [1.165, 1.54) is 23.0 Å². The molecule has 0 amide bonds. The number of hydrogen-bond acceptors (Lipinski definition) is 9.